The van der Waals surface area contributed by atoms with Crippen LogP contribution in [-0.4, -0.2) is 9.97 Å². The van der Waals surface area contributed by atoms with E-state index >= 15 is 0 Å². The number of aryl methyl sites for hydroxylation is 1. The summed E-state index contributed by atoms with van der Waals surface area (Å²) in [5.41, 5.74) is 7.69. The zero-order valence-electron chi connectivity index (χ0n) is 22.1. The monoisotopic (exact) mass is 508 g/mol. The summed E-state index contributed by atoms with van der Waals surface area (Å²) in [5.74, 6) is 0.790. The number of furan rings is 1. The molecule has 3 nitrogen and oxygen atoms in total. The van der Waals surface area contributed by atoms with Gasteiger partial charge in [-0.2, -0.15) is 4.98 Å². The maximum Gasteiger partial charge on any atom is 0.231 e. The molecule has 4 heteroatoms. The van der Waals surface area contributed by atoms with Crippen LogP contribution in [0.3, 0.4) is 0 Å². The number of allylic oxidation sites excluding steroid dienone is 2. The number of hydrogen-bond donors (Lipinski definition) is 0. The summed E-state index contributed by atoms with van der Waals surface area (Å²) in [6.07, 6.45) is 5.77. The minimum absolute atomic E-state index is 0.166. The summed E-state index contributed by atoms with van der Waals surface area (Å²) >= 11 is 6.33. The van der Waals surface area contributed by atoms with Gasteiger partial charge in [-0.3, -0.25) is 0 Å². The largest absolute Gasteiger partial charge is 0.442 e. The SMILES string of the molecule is C/C=C\c1c(C)oc2nc(Cl)nc(-c3cc(-c4ccccc4)cc(-c4ccccc4)c3)c12.C=CC.CC. The smallest absolute Gasteiger partial charge is 0.231 e. The molecule has 0 radical (unpaired) electrons. The zero-order chi connectivity index (χ0) is 26.8. The van der Waals surface area contributed by atoms with Crippen LogP contribution in [0.5, 0.6) is 0 Å². The number of rotatable bonds is 4. The standard InChI is InChI=1S/C28H21ClN2O.C3H6.C2H6/c1-3-10-24-18(2)32-27-25(24)26(30-28(29)31-27)23-16-21(19-11-6-4-7-12-19)15-22(17-23)20-13-8-5-9-14-20;1-3-2;1-2/h3-17H,1-2H3;3H,1H2,2H3;1-2H3/b10-3-;;. The van der Waals surface area contributed by atoms with Crippen LogP contribution in [0.25, 0.3) is 50.7 Å². The molecule has 0 aliphatic carbocycles. The van der Waals surface area contributed by atoms with Crippen molar-refractivity contribution >= 4 is 28.8 Å². The number of halogens is 1. The number of hydrogen-bond acceptors (Lipinski definition) is 3. The molecule has 0 bridgehead atoms. The average molecular weight is 509 g/mol. The Balaban J connectivity index is 0.000000711. The molecule has 0 saturated carbocycles. The van der Waals surface area contributed by atoms with Gasteiger partial charge in [-0.15, -0.1) is 6.58 Å². The highest BCUT2D eigenvalue weighted by atomic mass is 35.5. The molecule has 188 valence electrons. The van der Waals surface area contributed by atoms with Crippen LogP contribution in [-0.2, 0) is 0 Å². The van der Waals surface area contributed by atoms with Crippen LogP contribution in [0, 0.1) is 6.92 Å². The second-order valence-electron chi connectivity index (χ2n) is 8.03. The Morgan fingerprint density at radius 3 is 1.73 bits per heavy atom. The Kier molecular flexibility index (Phi) is 10.00. The van der Waals surface area contributed by atoms with Crippen molar-refractivity contribution in [2.45, 2.75) is 34.6 Å². The summed E-state index contributed by atoms with van der Waals surface area (Å²) in [5, 5.41) is 1.04. The summed E-state index contributed by atoms with van der Waals surface area (Å²) in [4.78, 5) is 9.00. The lowest BCUT2D eigenvalue weighted by atomic mass is 9.94. The molecular weight excluding hydrogens is 476 g/mol. The fourth-order valence-electron chi connectivity index (χ4n) is 4.04. The van der Waals surface area contributed by atoms with E-state index in [-0.39, 0.29) is 5.28 Å². The maximum absolute atomic E-state index is 6.33. The van der Waals surface area contributed by atoms with Crippen LogP contribution >= 0.6 is 11.6 Å². The van der Waals surface area contributed by atoms with Crippen LogP contribution < -0.4 is 0 Å². The molecule has 0 aliphatic heterocycles. The third-order valence-electron chi connectivity index (χ3n) is 5.50. The molecule has 2 aromatic heterocycles. The predicted octanol–water partition coefficient (Wildman–Crippen LogP) is 10.4. The van der Waals surface area contributed by atoms with Crippen molar-refractivity contribution in [1.29, 1.82) is 0 Å². The van der Waals surface area contributed by atoms with Gasteiger partial charge in [0.1, 0.15) is 5.76 Å². The Bertz CT molecular complexity index is 1430. The average Bonchev–Trinajstić information content (AvgIpc) is 3.25. The molecule has 0 N–H and O–H groups in total. The highest BCUT2D eigenvalue weighted by Gasteiger charge is 2.19. The molecule has 0 amide bonds. The first-order valence-corrected chi connectivity index (χ1v) is 12.9. The Morgan fingerprint density at radius 1 is 0.757 bits per heavy atom. The van der Waals surface area contributed by atoms with Gasteiger partial charge in [-0.25, -0.2) is 4.98 Å². The van der Waals surface area contributed by atoms with E-state index < -0.39 is 0 Å². The van der Waals surface area contributed by atoms with Gasteiger partial charge in [0.05, 0.1) is 11.1 Å². The van der Waals surface area contributed by atoms with Crippen molar-refractivity contribution in [2.24, 2.45) is 0 Å². The Hall–Kier alpha value is -3.95. The van der Waals surface area contributed by atoms with E-state index in [0.29, 0.717) is 5.71 Å². The molecule has 0 aliphatic rings. The second kappa shape index (κ2) is 13.4. The van der Waals surface area contributed by atoms with Crippen molar-refractivity contribution < 1.29 is 4.42 Å². The predicted molar refractivity (Wildman–Crippen MR) is 160 cm³/mol. The molecule has 37 heavy (non-hydrogen) atoms. The van der Waals surface area contributed by atoms with E-state index in [9.17, 15) is 0 Å². The zero-order valence-corrected chi connectivity index (χ0v) is 22.9. The quantitative estimate of drug-likeness (QED) is 0.179. The first-order chi connectivity index (χ1) is 18.0. The lowest BCUT2D eigenvalue weighted by molar-refractivity contribution is 0.566. The van der Waals surface area contributed by atoms with E-state index in [1.807, 2.05) is 83.2 Å². The van der Waals surface area contributed by atoms with Gasteiger partial charge >= 0.3 is 0 Å². The van der Waals surface area contributed by atoms with Crippen LogP contribution in [0.15, 0.2) is 102 Å². The molecule has 5 aromatic rings. The van der Waals surface area contributed by atoms with Gasteiger partial charge < -0.3 is 4.42 Å². The van der Waals surface area contributed by atoms with Gasteiger partial charge in [0, 0.05) is 11.1 Å². The Morgan fingerprint density at radius 2 is 1.24 bits per heavy atom. The molecule has 2 heterocycles. The molecule has 5 rings (SSSR count). The Labute approximate surface area is 225 Å². The van der Waals surface area contributed by atoms with Crippen LogP contribution in [0.2, 0.25) is 5.28 Å². The first kappa shape index (κ1) is 27.6. The molecule has 0 atom stereocenters. The highest BCUT2D eigenvalue weighted by Crippen LogP contribution is 2.38. The van der Waals surface area contributed by atoms with Gasteiger partial charge in [-0.1, -0.05) is 92.7 Å². The molecule has 0 spiro atoms. The maximum atomic E-state index is 6.33. The van der Waals surface area contributed by atoms with Gasteiger partial charge in [0.2, 0.25) is 11.0 Å². The lowest BCUT2D eigenvalue weighted by Gasteiger charge is -2.12. The molecule has 3 aromatic carbocycles. The van der Waals surface area contributed by atoms with E-state index in [4.69, 9.17) is 16.0 Å². The number of benzene rings is 3. The topological polar surface area (TPSA) is 38.9 Å². The third kappa shape index (κ3) is 6.44. The summed E-state index contributed by atoms with van der Waals surface area (Å²) in [6.45, 7) is 13.2. The summed E-state index contributed by atoms with van der Waals surface area (Å²) in [7, 11) is 0. The van der Waals surface area contributed by atoms with Crippen molar-refractivity contribution in [3.05, 3.63) is 114 Å². The normalized spacial score (nSPS) is 10.4. The highest BCUT2D eigenvalue weighted by molar-refractivity contribution is 6.29. The minimum Gasteiger partial charge on any atom is -0.442 e. The molecule has 0 fully saturated rings. The van der Waals surface area contributed by atoms with E-state index in [2.05, 4.69) is 59.0 Å². The third-order valence-corrected chi connectivity index (χ3v) is 5.67. The van der Waals surface area contributed by atoms with Crippen LogP contribution in [0.4, 0.5) is 0 Å². The lowest BCUT2D eigenvalue weighted by Crippen LogP contribution is -1.92. The van der Waals surface area contributed by atoms with Gasteiger partial charge in [0.25, 0.3) is 0 Å². The first-order valence-electron chi connectivity index (χ1n) is 12.5. The number of nitrogens with zero attached hydrogens (tertiary/aromatic N) is 2. The fourth-order valence-corrected chi connectivity index (χ4v) is 4.20. The number of fused-ring (bicyclic) bond motifs is 1. The van der Waals surface area contributed by atoms with Gasteiger partial charge in [0.15, 0.2) is 0 Å². The second-order valence-corrected chi connectivity index (χ2v) is 8.37. The van der Waals surface area contributed by atoms with Crippen LogP contribution in [0.1, 0.15) is 39.0 Å². The fraction of sp³-hybridized carbons (Fsp3) is 0.152. The molecule has 0 saturated heterocycles. The van der Waals surface area contributed by atoms with Crippen molar-refractivity contribution in [1.82, 2.24) is 9.97 Å². The molecular formula is C33H33ClN2O. The van der Waals surface area contributed by atoms with E-state index in [1.165, 1.54) is 0 Å². The van der Waals surface area contributed by atoms with Crippen molar-refractivity contribution in [2.75, 3.05) is 0 Å². The number of aromatic nitrogens is 2. The summed E-state index contributed by atoms with van der Waals surface area (Å²) < 4.78 is 5.94. The van der Waals surface area contributed by atoms with E-state index in [0.717, 1.165) is 50.2 Å². The van der Waals surface area contributed by atoms with Crippen molar-refractivity contribution in [3.8, 4) is 33.5 Å². The molecule has 0 unspecified atom stereocenters. The van der Waals surface area contributed by atoms with E-state index in [1.54, 1.807) is 6.08 Å². The summed E-state index contributed by atoms with van der Waals surface area (Å²) in [6, 6.07) is 27.2. The van der Waals surface area contributed by atoms with Gasteiger partial charge in [-0.05, 0) is 72.8 Å². The minimum atomic E-state index is 0.166. The van der Waals surface area contributed by atoms with Crippen molar-refractivity contribution in [3.63, 3.8) is 0 Å².